The smallest absolute Gasteiger partial charge is 0.131 e. The quantitative estimate of drug-likeness (QED) is 0.823. The van der Waals surface area contributed by atoms with Crippen molar-refractivity contribution in [2.45, 2.75) is 24.4 Å². The third-order valence-electron chi connectivity index (χ3n) is 4.42. The number of pyridine rings is 1. The molecule has 0 aliphatic carbocycles. The number of nitrogens with zero attached hydrogens (tertiary/aromatic N) is 1. The van der Waals surface area contributed by atoms with Crippen LogP contribution in [0.15, 0.2) is 65.8 Å². The van der Waals surface area contributed by atoms with Gasteiger partial charge in [0.1, 0.15) is 10.5 Å². The van der Waals surface area contributed by atoms with E-state index < -0.39 is 5.60 Å². The summed E-state index contributed by atoms with van der Waals surface area (Å²) in [6, 6.07) is 14.6. The minimum atomic E-state index is -0.408. The third kappa shape index (κ3) is 1.74. The van der Waals surface area contributed by atoms with Gasteiger partial charge in [-0.2, -0.15) is 0 Å². The minimum absolute atomic E-state index is 0.157. The lowest BCUT2D eigenvalue weighted by atomic mass is 9.69. The summed E-state index contributed by atoms with van der Waals surface area (Å²) in [6.07, 6.45) is 6.09. The fourth-order valence-electron chi connectivity index (χ4n) is 3.61. The summed E-state index contributed by atoms with van der Waals surface area (Å²) < 4.78 is 6.55. The van der Waals surface area contributed by atoms with Crippen molar-refractivity contribution in [2.24, 2.45) is 5.92 Å². The summed E-state index contributed by atoms with van der Waals surface area (Å²) in [5, 5.41) is 0. The van der Waals surface area contributed by atoms with Crippen molar-refractivity contribution in [3.63, 3.8) is 0 Å². The lowest BCUT2D eigenvalue weighted by molar-refractivity contribution is -0.238. The number of hydrogen-bond acceptors (Lipinski definition) is 3. The first-order valence-corrected chi connectivity index (χ1v) is 8.00. The molecule has 1 aromatic carbocycles. The molecule has 0 unspecified atom stereocenters. The normalized spacial score (nSPS) is 34.0. The number of aromatic nitrogens is 1. The van der Waals surface area contributed by atoms with Gasteiger partial charge in [-0.05, 0) is 30.4 Å². The molecule has 0 N–H and O–H groups in total. The van der Waals surface area contributed by atoms with E-state index in [2.05, 4.69) is 55.2 Å². The van der Waals surface area contributed by atoms with Gasteiger partial charge in [0, 0.05) is 18.0 Å². The second-order valence-corrected chi connectivity index (χ2v) is 7.48. The Morgan fingerprint density at radius 3 is 2.52 bits per heavy atom. The zero-order valence-electron chi connectivity index (χ0n) is 12.1. The fraction of sp³-hybridized carbons (Fsp3) is 0.278. The molecule has 3 heterocycles. The van der Waals surface area contributed by atoms with Crippen LogP contribution >= 0.6 is 11.8 Å². The third-order valence-corrected chi connectivity index (χ3v) is 5.63. The molecule has 0 amide bonds. The summed E-state index contributed by atoms with van der Waals surface area (Å²) in [4.78, 5) is 5.49. The van der Waals surface area contributed by atoms with Crippen molar-refractivity contribution in [3.8, 4) is 0 Å². The molecule has 1 fully saturated rings. The summed E-state index contributed by atoms with van der Waals surface area (Å²) >= 11 is 1.83. The van der Waals surface area contributed by atoms with Crippen molar-refractivity contribution in [1.82, 2.24) is 4.98 Å². The van der Waals surface area contributed by atoms with Crippen LogP contribution in [0, 0.1) is 5.92 Å². The van der Waals surface area contributed by atoms with Crippen LogP contribution in [-0.4, -0.2) is 9.92 Å². The molecule has 4 rings (SSSR count). The molecule has 0 saturated carbocycles. The molecule has 2 aromatic rings. The van der Waals surface area contributed by atoms with Crippen LogP contribution in [-0.2, 0) is 10.3 Å². The number of benzene rings is 1. The Kier molecular flexibility index (Phi) is 2.78. The number of ether oxygens (including phenoxy) is 1. The van der Waals surface area contributed by atoms with Gasteiger partial charge in [-0.1, -0.05) is 54.2 Å². The standard InChI is InChI=1S/C18H17NOS/c1-13-11-16-17(2,21-13)20-18(16,14-7-4-3-5-8-14)15-9-6-10-19-12-15/h3-12,16H,1-2H3/t16-,17+,18+/m1/s1. The molecule has 2 aliphatic heterocycles. The molecule has 0 bridgehead atoms. The van der Waals surface area contributed by atoms with E-state index in [1.54, 1.807) is 0 Å². The van der Waals surface area contributed by atoms with Gasteiger partial charge in [0.25, 0.3) is 0 Å². The van der Waals surface area contributed by atoms with E-state index >= 15 is 0 Å². The van der Waals surface area contributed by atoms with Gasteiger partial charge in [-0.25, -0.2) is 0 Å². The molecular weight excluding hydrogens is 278 g/mol. The monoisotopic (exact) mass is 295 g/mol. The number of thioether (sulfide) groups is 1. The van der Waals surface area contributed by atoms with Crippen LogP contribution in [0.3, 0.4) is 0 Å². The first-order valence-electron chi connectivity index (χ1n) is 7.19. The van der Waals surface area contributed by atoms with E-state index in [-0.39, 0.29) is 4.93 Å². The Bertz CT molecular complexity index is 658. The first kappa shape index (κ1) is 13.1. The predicted octanol–water partition coefficient (Wildman–Crippen LogP) is 4.34. The molecule has 1 aromatic heterocycles. The van der Waals surface area contributed by atoms with Crippen LogP contribution in [0.4, 0.5) is 0 Å². The zero-order chi connectivity index (χ0) is 14.5. The molecule has 3 atom stereocenters. The average molecular weight is 295 g/mol. The van der Waals surface area contributed by atoms with Crippen LogP contribution in [0.25, 0.3) is 0 Å². The maximum atomic E-state index is 6.55. The van der Waals surface area contributed by atoms with E-state index in [1.807, 2.05) is 36.3 Å². The highest BCUT2D eigenvalue weighted by Gasteiger charge is 2.66. The SMILES string of the molecule is CC1=C[C@H]2[C@](c3ccccc3)(c3cccnc3)O[C@@]2(C)S1. The van der Waals surface area contributed by atoms with E-state index in [4.69, 9.17) is 4.74 Å². The molecule has 2 aliphatic rings. The number of allylic oxidation sites excluding steroid dienone is 1. The first-order chi connectivity index (χ1) is 10.2. The summed E-state index contributed by atoms with van der Waals surface area (Å²) in [5.41, 5.74) is 1.92. The van der Waals surface area contributed by atoms with Crippen LogP contribution in [0.2, 0.25) is 0 Å². The van der Waals surface area contributed by atoms with E-state index in [0.29, 0.717) is 5.92 Å². The van der Waals surface area contributed by atoms with Gasteiger partial charge in [0.05, 0.1) is 5.92 Å². The molecule has 106 valence electrons. The lowest BCUT2D eigenvalue weighted by Crippen LogP contribution is -2.61. The number of fused-ring (bicyclic) bond motifs is 1. The van der Waals surface area contributed by atoms with Gasteiger partial charge in [0.2, 0.25) is 0 Å². The Hall–Kier alpha value is -1.58. The van der Waals surface area contributed by atoms with Crippen LogP contribution < -0.4 is 0 Å². The van der Waals surface area contributed by atoms with Gasteiger partial charge in [0.15, 0.2) is 0 Å². The second-order valence-electron chi connectivity index (χ2n) is 5.82. The molecule has 0 spiro atoms. The van der Waals surface area contributed by atoms with E-state index in [0.717, 1.165) is 5.56 Å². The second kappa shape index (κ2) is 4.46. The highest BCUT2D eigenvalue weighted by molar-refractivity contribution is 8.04. The van der Waals surface area contributed by atoms with Gasteiger partial charge in [-0.15, -0.1) is 0 Å². The van der Waals surface area contributed by atoms with Crippen molar-refractivity contribution in [2.75, 3.05) is 0 Å². The van der Waals surface area contributed by atoms with Gasteiger partial charge in [-0.3, -0.25) is 4.98 Å². The maximum absolute atomic E-state index is 6.55. The zero-order valence-corrected chi connectivity index (χ0v) is 12.9. The minimum Gasteiger partial charge on any atom is -0.347 e. The van der Waals surface area contributed by atoms with Crippen molar-refractivity contribution in [1.29, 1.82) is 0 Å². The predicted molar refractivity (Wildman–Crippen MR) is 85.8 cm³/mol. The fourth-order valence-corrected chi connectivity index (χ4v) is 4.99. The van der Waals surface area contributed by atoms with Crippen LogP contribution in [0.5, 0.6) is 0 Å². The number of rotatable bonds is 2. The Labute approximate surface area is 129 Å². The largest absolute Gasteiger partial charge is 0.347 e. The molecule has 2 nitrogen and oxygen atoms in total. The average Bonchev–Trinajstić information content (AvgIpc) is 2.75. The van der Waals surface area contributed by atoms with Gasteiger partial charge >= 0.3 is 0 Å². The molecule has 21 heavy (non-hydrogen) atoms. The van der Waals surface area contributed by atoms with Gasteiger partial charge < -0.3 is 4.74 Å². The molecule has 3 heteroatoms. The molecule has 0 radical (unpaired) electrons. The molecule has 1 saturated heterocycles. The summed E-state index contributed by atoms with van der Waals surface area (Å²) in [5.74, 6) is 0.335. The van der Waals surface area contributed by atoms with Crippen LogP contribution in [0.1, 0.15) is 25.0 Å². The highest BCUT2D eigenvalue weighted by atomic mass is 32.2. The highest BCUT2D eigenvalue weighted by Crippen LogP contribution is 2.66. The van der Waals surface area contributed by atoms with E-state index in [9.17, 15) is 0 Å². The van der Waals surface area contributed by atoms with E-state index in [1.165, 1.54) is 10.5 Å². The Balaban J connectivity index is 1.90. The lowest BCUT2D eigenvalue weighted by Gasteiger charge is -2.58. The summed E-state index contributed by atoms with van der Waals surface area (Å²) in [7, 11) is 0. The van der Waals surface area contributed by atoms with Crippen molar-refractivity contribution in [3.05, 3.63) is 77.0 Å². The Morgan fingerprint density at radius 1 is 1.10 bits per heavy atom. The number of hydrogen-bond donors (Lipinski definition) is 0. The van der Waals surface area contributed by atoms with Crippen molar-refractivity contribution < 1.29 is 4.74 Å². The molecular formula is C18H17NOS. The van der Waals surface area contributed by atoms with Crippen molar-refractivity contribution >= 4 is 11.8 Å². The Morgan fingerprint density at radius 2 is 1.86 bits per heavy atom. The topological polar surface area (TPSA) is 22.1 Å². The summed E-state index contributed by atoms with van der Waals surface area (Å²) in [6.45, 7) is 4.35. The maximum Gasteiger partial charge on any atom is 0.131 e.